The topological polar surface area (TPSA) is 21.3 Å². The van der Waals surface area contributed by atoms with Crippen molar-refractivity contribution in [1.29, 1.82) is 0 Å². The van der Waals surface area contributed by atoms with Gasteiger partial charge >= 0.3 is 0 Å². The predicted molar refractivity (Wildman–Crippen MR) is 89.3 cm³/mol. The first-order chi connectivity index (χ1) is 9.67. The normalized spacial score (nSPS) is 17.6. The lowest BCUT2D eigenvalue weighted by Gasteiger charge is -2.25. The molecule has 0 amide bonds. The number of nitrogens with one attached hydrogen (secondary N) is 1. The van der Waals surface area contributed by atoms with E-state index >= 15 is 0 Å². The summed E-state index contributed by atoms with van der Waals surface area (Å²) in [6.45, 7) is 0. The van der Waals surface area contributed by atoms with Crippen LogP contribution in [0.4, 0.5) is 10.1 Å². The summed E-state index contributed by atoms with van der Waals surface area (Å²) in [7, 11) is 1.59. The van der Waals surface area contributed by atoms with E-state index in [0.717, 1.165) is 19.3 Å². The molecule has 0 spiro atoms. The third-order valence-electron chi connectivity index (χ3n) is 3.59. The Morgan fingerprint density at radius 2 is 2.25 bits per heavy atom. The smallest absolute Gasteiger partial charge is 0.146 e. The Labute approximate surface area is 135 Å². The van der Waals surface area contributed by atoms with Gasteiger partial charge in [0, 0.05) is 10.9 Å². The number of thiophene rings is 1. The van der Waals surface area contributed by atoms with E-state index in [4.69, 9.17) is 4.74 Å². The van der Waals surface area contributed by atoms with Gasteiger partial charge in [-0.05, 0) is 65.6 Å². The van der Waals surface area contributed by atoms with Gasteiger partial charge in [-0.1, -0.05) is 0 Å². The Hall–Kier alpha value is -0.820. The first kappa shape index (κ1) is 14.1. The van der Waals surface area contributed by atoms with Crippen molar-refractivity contribution in [3.8, 4) is 5.75 Å². The first-order valence-corrected chi connectivity index (χ1v) is 8.45. The van der Waals surface area contributed by atoms with Crippen LogP contribution in [0.1, 0.15) is 29.3 Å². The molecule has 0 radical (unpaired) electrons. The highest BCUT2D eigenvalue weighted by atomic mass is 127. The van der Waals surface area contributed by atoms with Crippen molar-refractivity contribution in [2.24, 2.45) is 0 Å². The number of hydrogen-bond acceptors (Lipinski definition) is 3. The van der Waals surface area contributed by atoms with Crippen LogP contribution in [0.25, 0.3) is 0 Å². The molecule has 1 aliphatic rings. The zero-order chi connectivity index (χ0) is 14.1. The lowest BCUT2D eigenvalue weighted by molar-refractivity contribution is 0.414. The van der Waals surface area contributed by atoms with Crippen molar-refractivity contribution in [3.05, 3.63) is 43.4 Å². The van der Waals surface area contributed by atoms with Crippen LogP contribution >= 0.6 is 33.9 Å². The largest absolute Gasteiger partial charge is 0.497 e. The Kier molecular flexibility index (Phi) is 4.16. The van der Waals surface area contributed by atoms with E-state index in [1.54, 1.807) is 19.2 Å². The minimum Gasteiger partial charge on any atom is -0.497 e. The zero-order valence-electron chi connectivity index (χ0n) is 11.1. The highest BCUT2D eigenvalue weighted by molar-refractivity contribution is 14.1. The summed E-state index contributed by atoms with van der Waals surface area (Å²) in [5.41, 5.74) is 1.84. The van der Waals surface area contributed by atoms with Crippen LogP contribution in [0, 0.1) is 8.70 Å². The summed E-state index contributed by atoms with van der Waals surface area (Å²) in [4.78, 5) is 1.43. The monoisotopic (exact) mass is 403 g/mol. The fourth-order valence-corrected chi connectivity index (χ4v) is 4.72. The number of aryl methyl sites for hydroxylation is 1. The molecular weight excluding hydrogens is 388 g/mol. The van der Waals surface area contributed by atoms with E-state index < -0.39 is 0 Å². The van der Waals surface area contributed by atoms with E-state index in [0.29, 0.717) is 11.4 Å². The molecule has 1 heterocycles. The van der Waals surface area contributed by atoms with Gasteiger partial charge in [0.2, 0.25) is 0 Å². The van der Waals surface area contributed by atoms with E-state index in [2.05, 4.69) is 34.0 Å². The van der Waals surface area contributed by atoms with Crippen molar-refractivity contribution in [2.45, 2.75) is 25.3 Å². The number of hydrogen-bond donors (Lipinski definition) is 1. The number of fused-ring (bicyclic) bond motifs is 1. The van der Waals surface area contributed by atoms with Crippen LogP contribution in [-0.2, 0) is 6.42 Å². The van der Waals surface area contributed by atoms with E-state index in [1.807, 2.05) is 11.3 Å². The molecule has 1 N–H and O–H groups in total. The number of benzene rings is 1. The Morgan fingerprint density at radius 3 is 3.05 bits per heavy atom. The molecule has 1 unspecified atom stereocenters. The summed E-state index contributed by atoms with van der Waals surface area (Å²) < 4.78 is 20.4. The molecule has 1 aromatic heterocycles. The summed E-state index contributed by atoms with van der Waals surface area (Å²) in [6, 6.07) is 7.22. The minimum absolute atomic E-state index is 0.195. The molecule has 5 heteroatoms. The van der Waals surface area contributed by atoms with Crippen LogP contribution in [0.3, 0.4) is 0 Å². The van der Waals surface area contributed by atoms with Gasteiger partial charge in [0.1, 0.15) is 11.6 Å². The third-order valence-corrected chi connectivity index (χ3v) is 5.56. The maximum atomic E-state index is 13.9. The molecule has 106 valence electrons. The summed E-state index contributed by atoms with van der Waals surface area (Å²) in [5, 5.41) is 3.34. The molecule has 2 aromatic rings. The molecule has 3 rings (SSSR count). The average Bonchev–Trinajstić information content (AvgIpc) is 2.82. The molecule has 20 heavy (non-hydrogen) atoms. The molecule has 0 bridgehead atoms. The van der Waals surface area contributed by atoms with Gasteiger partial charge in [0.05, 0.1) is 21.7 Å². The number of ether oxygens (including phenoxy) is 1. The van der Waals surface area contributed by atoms with E-state index in [9.17, 15) is 4.39 Å². The van der Waals surface area contributed by atoms with Gasteiger partial charge in [0.15, 0.2) is 0 Å². The second-order valence-corrected chi connectivity index (χ2v) is 7.89. The van der Waals surface area contributed by atoms with Crippen LogP contribution < -0.4 is 10.1 Å². The molecule has 0 saturated heterocycles. The lowest BCUT2D eigenvalue weighted by atomic mass is 9.94. The van der Waals surface area contributed by atoms with Crippen LogP contribution in [-0.4, -0.2) is 7.11 Å². The highest BCUT2D eigenvalue weighted by Gasteiger charge is 2.23. The number of halogens is 2. The molecule has 1 atom stereocenters. The minimum atomic E-state index is -0.233. The van der Waals surface area contributed by atoms with Gasteiger partial charge in [-0.3, -0.25) is 0 Å². The van der Waals surface area contributed by atoms with Crippen LogP contribution in [0.15, 0.2) is 24.3 Å². The van der Waals surface area contributed by atoms with Crippen molar-refractivity contribution in [2.75, 3.05) is 12.4 Å². The Balaban J connectivity index is 1.88. The molecular formula is C15H15FINOS. The number of anilines is 1. The van der Waals surface area contributed by atoms with Gasteiger partial charge in [-0.15, -0.1) is 11.3 Å². The maximum Gasteiger partial charge on any atom is 0.146 e. The fourth-order valence-electron chi connectivity index (χ4n) is 2.60. The van der Waals surface area contributed by atoms with Gasteiger partial charge in [-0.2, -0.15) is 0 Å². The van der Waals surface area contributed by atoms with Crippen molar-refractivity contribution in [3.63, 3.8) is 0 Å². The molecule has 0 fully saturated rings. The SMILES string of the molecule is COc1ccc(F)c(NC2CCCc3sc(I)cc32)c1. The van der Waals surface area contributed by atoms with Crippen LogP contribution in [0.5, 0.6) is 5.75 Å². The quantitative estimate of drug-likeness (QED) is 0.730. The van der Waals surface area contributed by atoms with Gasteiger partial charge in [0.25, 0.3) is 0 Å². The molecule has 2 nitrogen and oxygen atoms in total. The molecule has 1 aliphatic carbocycles. The summed E-state index contributed by atoms with van der Waals surface area (Å²) in [5.74, 6) is 0.438. The van der Waals surface area contributed by atoms with E-state index in [-0.39, 0.29) is 11.9 Å². The van der Waals surface area contributed by atoms with Crippen LogP contribution in [0.2, 0.25) is 0 Å². The maximum absolute atomic E-state index is 13.9. The molecule has 0 saturated carbocycles. The van der Waals surface area contributed by atoms with Crippen molar-refractivity contribution >= 4 is 39.6 Å². The van der Waals surface area contributed by atoms with Gasteiger partial charge < -0.3 is 10.1 Å². The van der Waals surface area contributed by atoms with Crippen molar-refractivity contribution in [1.82, 2.24) is 0 Å². The Morgan fingerprint density at radius 1 is 1.40 bits per heavy atom. The second-order valence-electron chi connectivity index (χ2n) is 4.86. The second kappa shape index (κ2) is 5.89. The average molecular weight is 403 g/mol. The lowest BCUT2D eigenvalue weighted by Crippen LogP contribution is -2.16. The van der Waals surface area contributed by atoms with Crippen molar-refractivity contribution < 1.29 is 9.13 Å². The third kappa shape index (κ3) is 2.79. The number of rotatable bonds is 3. The van der Waals surface area contributed by atoms with Gasteiger partial charge in [-0.25, -0.2) is 4.39 Å². The standard InChI is InChI=1S/C15H15FINOS/c1-19-9-5-6-11(16)13(7-9)18-12-3-2-4-14-10(12)8-15(17)20-14/h5-8,12,18H,2-4H2,1H3. The predicted octanol–water partition coefficient (Wildman–Crippen LogP) is 4.99. The Bertz CT molecular complexity index is 628. The first-order valence-electron chi connectivity index (χ1n) is 6.55. The summed E-state index contributed by atoms with van der Waals surface area (Å²) in [6.07, 6.45) is 3.32. The van der Waals surface area contributed by atoms with E-state index in [1.165, 1.54) is 19.4 Å². The number of methoxy groups -OCH3 is 1. The fraction of sp³-hybridized carbons (Fsp3) is 0.333. The highest BCUT2D eigenvalue weighted by Crippen LogP contribution is 2.38. The summed E-state index contributed by atoms with van der Waals surface area (Å²) >= 11 is 4.20. The molecule has 0 aliphatic heterocycles. The zero-order valence-corrected chi connectivity index (χ0v) is 14.1. The molecule has 1 aromatic carbocycles.